The van der Waals surface area contributed by atoms with E-state index >= 15 is 0 Å². The summed E-state index contributed by atoms with van der Waals surface area (Å²) in [6.07, 6.45) is -0.210. The van der Waals surface area contributed by atoms with Crippen LogP contribution in [-0.2, 0) is 9.59 Å². The number of nitrogens with one attached hydrogen (secondary N) is 1. The predicted octanol–water partition coefficient (Wildman–Crippen LogP) is 3.08. The van der Waals surface area contributed by atoms with Gasteiger partial charge in [0.25, 0.3) is 0 Å². The lowest BCUT2D eigenvalue weighted by atomic mass is 10.2. The Morgan fingerprint density at radius 2 is 1.70 bits per heavy atom. The number of rotatable bonds is 6. The molecule has 0 spiro atoms. The minimum absolute atomic E-state index is 0.210. The molecule has 0 atom stereocenters. The molecule has 2 rings (SSSR count). The van der Waals surface area contributed by atoms with E-state index in [1.165, 1.54) is 4.90 Å². The van der Waals surface area contributed by atoms with Gasteiger partial charge in [-0.2, -0.15) is 0 Å². The van der Waals surface area contributed by atoms with E-state index in [1.54, 1.807) is 31.3 Å². The zero-order chi connectivity index (χ0) is 16.7. The van der Waals surface area contributed by atoms with Crippen molar-refractivity contribution in [2.45, 2.75) is 13.3 Å². The maximum Gasteiger partial charge on any atom is 0.236 e. The third kappa shape index (κ3) is 4.85. The first kappa shape index (κ1) is 16.5. The van der Waals surface area contributed by atoms with Gasteiger partial charge < -0.3 is 15.0 Å². The van der Waals surface area contributed by atoms with E-state index in [0.717, 1.165) is 11.4 Å². The van der Waals surface area contributed by atoms with Crippen molar-refractivity contribution in [2.24, 2.45) is 0 Å². The van der Waals surface area contributed by atoms with Crippen LogP contribution in [0.5, 0.6) is 5.75 Å². The van der Waals surface area contributed by atoms with Crippen LogP contribution in [0.4, 0.5) is 11.4 Å². The number of benzene rings is 2. The number of carbonyl (C=O) groups is 2. The molecule has 0 fully saturated rings. The maximum absolute atomic E-state index is 12.1. The van der Waals surface area contributed by atoms with Gasteiger partial charge in [0.1, 0.15) is 12.2 Å². The fraction of sp³-hybridized carbons (Fsp3) is 0.222. The first-order valence-electron chi connectivity index (χ1n) is 7.44. The van der Waals surface area contributed by atoms with Crippen molar-refractivity contribution in [2.75, 3.05) is 23.9 Å². The number of ether oxygens (including phenoxy) is 1. The molecule has 0 aliphatic rings. The summed E-state index contributed by atoms with van der Waals surface area (Å²) < 4.78 is 5.34. The summed E-state index contributed by atoms with van der Waals surface area (Å²) in [6.45, 7) is 2.50. The molecule has 0 aliphatic carbocycles. The van der Waals surface area contributed by atoms with E-state index in [4.69, 9.17) is 4.74 Å². The molecule has 23 heavy (non-hydrogen) atoms. The number of hydrogen-bond acceptors (Lipinski definition) is 3. The number of para-hydroxylation sites is 1. The minimum atomic E-state index is -0.345. The average Bonchev–Trinajstić information content (AvgIpc) is 2.57. The van der Waals surface area contributed by atoms with Crippen LogP contribution in [-0.4, -0.2) is 25.5 Å². The molecular formula is C18H20N2O3. The molecule has 0 heterocycles. The van der Waals surface area contributed by atoms with E-state index in [9.17, 15) is 9.59 Å². The van der Waals surface area contributed by atoms with Crippen molar-refractivity contribution in [3.63, 3.8) is 0 Å². The molecule has 0 aliphatic heterocycles. The summed E-state index contributed by atoms with van der Waals surface area (Å²) in [4.78, 5) is 25.6. The maximum atomic E-state index is 12.1. The van der Waals surface area contributed by atoms with Crippen LogP contribution < -0.4 is 15.0 Å². The van der Waals surface area contributed by atoms with Crippen LogP contribution in [0, 0.1) is 0 Å². The van der Waals surface area contributed by atoms with Gasteiger partial charge in [0.15, 0.2) is 0 Å². The van der Waals surface area contributed by atoms with Gasteiger partial charge in [-0.1, -0.05) is 18.2 Å². The molecule has 0 saturated heterocycles. The third-order valence-corrected chi connectivity index (χ3v) is 3.28. The largest absolute Gasteiger partial charge is 0.494 e. The Hall–Kier alpha value is -2.82. The van der Waals surface area contributed by atoms with Gasteiger partial charge in [-0.15, -0.1) is 0 Å². The molecule has 2 amide bonds. The molecule has 0 radical (unpaired) electrons. The number of amides is 2. The molecular weight excluding hydrogens is 292 g/mol. The quantitative estimate of drug-likeness (QED) is 0.834. The van der Waals surface area contributed by atoms with Gasteiger partial charge in [0.05, 0.1) is 6.61 Å². The third-order valence-electron chi connectivity index (χ3n) is 3.28. The lowest BCUT2D eigenvalue weighted by Gasteiger charge is -2.17. The van der Waals surface area contributed by atoms with Crippen LogP contribution in [0.15, 0.2) is 54.6 Å². The minimum Gasteiger partial charge on any atom is -0.494 e. The standard InChI is InChI=1S/C18H20N2O3/c1-3-23-16-11-9-14(10-12-16)19-17(21)13-18(22)20(2)15-7-5-4-6-8-15/h4-12H,3,13H2,1-2H3,(H,19,21). The summed E-state index contributed by atoms with van der Waals surface area (Å²) in [5.41, 5.74) is 1.39. The molecule has 0 aromatic heterocycles. The van der Waals surface area contributed by atoms with Gasteiger partial charge in [0.2, 0.25) is 11.8 Å². The normalized spacial score (nSPS) is 10.0. The molecule has 0 bridgehead atoms. The fourth-order valence-corrected chi connectivity index (χ4v) is 2.06. The zero-order valence-electron chi connectivity index (χ0n) is 13.3. The Morgan fingerprint density at radius 3 is 2.30 bits per heavy atom. The van der Waals surface area contributed by atoms with Gasteiger partial charge in [0, 0.05) is 18.4 Å². The fourth-order valence-electron chi connectivity index (χ4n) is 2.06. The predicted molar refractivity (Wildman–Crippen MR) is 90.7 cm³/mol. The van der Waals surface area contributed by atoms with Crippen molar-refractivity contribution in [3.8, 4) is 5.75 Å². The summed E-state index contributed by atoms with van der Waals surface area (Å²) in [5, 5.41) is 2.71. The average molecular weight is 312 g/mol. The molecule has 1 N–H and O–H groups in total. The highest BCUT2D eigenvalue weighted by Crippen LogP contribution is 2.16. The molecule has 0 unspecified atom stereocenters. The number of nitrogens with zero attached hydrogens (tertiary/aromatic N) is 1. The van der Waals surface area contributed by atoms with Crippen molar-refractivity contribution < 1.29 is 14.3 Å². The zero-order valence-corrected chi connectivity index (χ0v) is 13.3. The number of hydrogen-bond donors (Lipinski definition) is 1. The Kier molecular flexibility index (Phi) is 5.74. The Balaban J connectivity index is 1.90. The highest BCUT2D eigenvalue weighted by molar-refractivity contribution is 6.08. The number of anilines is 2. The molecule has 5 nitrogen and oxygen atoms in total. The van der Waals surface area contributed by atoms with Crippen LogP contribution in [0.3, 0.4) is 0 Å². The molecule has 2 aromatic rings. The summed E-state index contributed by atoms with van der Waals surface area (Å²) >= 11 is 0. The number of carbonyl (C=O) groups excluding carboxylic acids is 2. The summed E-state index contributed by atoms with van der Waals surface area (Å²) in [6, 6.07) is 16.2. The second-order valence-electron chi connectivity index (χ2n) is 4.97. The summed E-state index contributed by atoms with van der Waals surface area (Å²) in [7, 11) is 1.65. The van der Waals surface area contributed by atoms with E-state index in [2.05, 4.69) is 5.32 Å². The Morgan fingerprint density at radius 1 is 1.04 bits per heavy atom. The van der Waals surface area contributed by atoms with Gasteiger partial charge in [-0.3, -0.25) is 9.59 Å². The van der Waals surface area contributed by atoms with E-state index in [-0.39, 0.29) is 18.2 Å². The van der Waals surface area contributed by atoms with Crippen molar-refractivity contribution in [3.05, 3.63) is 54.6 Å². The second-order valence-corrected chi connectivity index (χ2v) is 4.97. The van der Waals surface area contributed by atoms with E-state index in [1.807, 2.05) is 37.3 Å². The lowest BCUT2D eigenvalue weighted by Crippen LogP contribution is -2.30. The van der Waals surface area contributed by atoms with E-state index in [0.29, 0.717) is 12.3 Å². The van der Waals surface area contributed by atoms with Crippen LogP contribution >= 0.6 is 0 Å². The van der Waals surface area contributed by atoms with Crippen molar-refractivity contribution in [1.82, 2.24) is 0 Å². The van der Waals surface area contributed by atoms with Crippen molar-refractivity contribution in [1.29, 1.82) is 0 Å². The Labute approximate surface area is 135 Å². The van der Waals surface area contributed by atoms with E-state index < -0.39 is 0 Å². The van der Waals surface area contributed by atoms with Crippen LogP contribution in [0.1, 0.15) is 13.3 Å². The highest BCUT2D eigenvalue weighted by atomic mass is 16.5. The second kappa shape index (κ2) is 7.98. The van der Waals surface area contributed by atoms with Crippen LogP contribution in [0.2, 0.25) is 0 Å². The van der Waals surface area contributed by atoms with Gasteiger partial charge >= 0.3 is 0 Å². The Bertz CT molecular complexity index is 654. The smallest absolute Gasteiger partial charge is 0.236 e. The molecule has 2 aromatic carbocycles. The first-order valence-corrected chi connectivity index (χ1v) is 7.44. The van der Waals surface area contributed by atoms with Gasteiger partial charge in [-0.25, -0.2) is 0 Å². The molecule has 5 heteroatoms. The topological polar surface area (TPSA) is 58.6 Å². The summed E-state index contributed by atoms with van der Waals surface area (Å²) in [5.74, 6) is 0.131. The molecule has 120 valence electrons. The monoisotopic (exact) mass is 312 g/mol. The lowest BCUT2D eigenvalue weighted by molar-refractivity contribution is -0.125. The first-order chi connectivity index (χ1) is 11.1. The van der Waals surface area contributed by atoms with Crippen molar-refractivity contribution >= 4 is 23.2 Å². The SMILES string of the molecule is CCOc1ccc(NC(=O)CC(=O)N(C)c2ccccc2)cc1. The highest BCUT2D eigenvalue weighted by Gasteiger charge is 2.15. The van der Waals surface area contributed by atoms with Crippen LogP contribution in [0.25, 0.3) is 0 Å². The molecule has 0 saturated carbocycles. The van der Waals surface area contributed by atoms with Gasteiger partial charge in [-0.05, 0) is 43.3 Å².